The standard InChI is InChI=1S/C23H30N8O4/c1-23(2,3)20(30-12-16(27-28-30)13-4-5-13)22(35)29-11-15(32)9-17(29)21(34)24-10-14-8-19(33)31-18(26-14)6-7-25-31/h6-8,12-13,15,17,20,32-33H,4-5,9-11H2,1-3H3,(H,24,34)/t15?,17?,20-/m1/s1. The molecule has 0 radical (unpaired) electrons. The van der Waals surface area contributed by atoms with E-state index in [1.165, 1.54) is 21.7 Å². The van der Waals surface area contributed by atoms with E-state index in [0.29, 0.717) is 17.3 Å². The minimum atomic E-state index is -0.832. The molecule has 186 valence electrons. The van der Waals surface area contributed by atoms with E-state index in [9.17, 15) is 19.8 Å². The number of hydrogen-bond acceptors (Lipinski definition) is 8. The summed E-state index contributed by atoms with van der Waals surface area (Å²) in [6, 6.07) is 1.56. The first-order valence-electron chi connectivity index (χ1n) is 11.8. The van der Waals surface area contributed by atoms with Crippen molar-refractivity contribution in [2.45, 2.75) is 70.7 Å². The molecule has 1 saturated carbocycles. The number of amides is 2. The Morgan fingerprint density at radius 2 is 2.06 bits per heavy atom. The molecule has 3 aromatic rings. The molecule has 12 heteroatoms. The molecule has 1 aliphatic heterocycles. The smallest absolute Gasteiger partial charge is 0.248 e. The summed E-state index contributed by atoms with van der Waals surface area (Å²) in [6.07, 6.45) is 4.83. The normalized spacial score (nSPS) is 21.4. The van der Waals surface area contributed by atoms with Crippen molar-refractivity contribution in [1.29, 1.82) is 0 Å². The summed E-state index contributed by atoms with van der Waals surface area (Å²) < 4.78 is 2.88. The molecule has 2 aliphatic rings. The SMILES string of the molecule is CC(C)(C)[C@@H](C(=O)N1CC(O)CC1C(=O)NCc1cc(O)n2nccc2n1)n1cc(C2CC2)nn1. The van der Waals surface area contributed by atoms with E-state index in [1.807, 2.05) is 27.0 Å². The molecule has 5 rings (SSSR count). The number of hydrogen-bond donors (Lipinski definition) is 3. The zero-order valence-corrected chi connectivity index (χ0v) is 20.0. The Morgan fingerprint density at radius 3 is 2.77 bits per heavy atom. The highest BCUT2D eigenvalue weighted by atomic mass is 16.3. The fraction of sp³-hybridized carbons (Fsp3) is 0.565. The summed E-state index contributed by atoms with van der Waals surface area (Å²) in [7, 11) is 0. The van der Waals surface area contributed by atoms with Crippen molar-refractivity contribution in [3.8, 4) is 5.88 Å². The second-order valence-electron chi connectivity index (χ2n) is 10.5. The van der Waals surface area contributed by atoms with Crippen LogP contribution in [0.15, 0.2) is 24.5 Å². The molecular formula is C23H30N8O4. The highest BCUT2D eigenvalue weighted by Gasteiger charge is 2.45. The van der Waals surface area contributed by atoms with E-state index < -0.39 is 29.5 Å². The fourth-order valence-electron chi connectivity index (χ4n) is 4.66. The molecule has 2 amide bonds. The number of carbonyl (C=O) groups excluding carboxylic acids is 2. The van der Waals surface area contributed by atoms with E-state index in [1.54, 1.807) is 10.7 Å². The Labute approximate surface area is 201 Å². The summed E-state index contributed by atoms with van der Waals surface area (Å²) in [5.74, 6) is -0.363. The second-order valence-corrected chi connectivity index (χ2v) is 10.5. The maximum atomic E-state index is 13.8. The lowest BCUT2D eigenvalue weighted by Crippen LogP contribution is -2.50. The van der Waals surface area contributed by atoms with E-state index in [-0.39, 0.29) is 31.3 Å². The lowest BCUT2D eigenvalue weighted by molar-refractivity contribution is -0.144. The lowest BCUT2D eigenvalue weighted by atomic mass is 9.85. The van der Waals surface area contributed by atoms with Crippen molar-refractivity contribution >= 4 is 17.5 Å². The zero-order chi connectivity index (χ0) is 24.9. The predicted molar refractivity (Wildman–Crippen MR) is 123 cm³/mol. The van der Waals surface area contributed by atoms with Gasteiger partial charge in [-0.2, -0.15) is 9.61 Å². The molecule has 0 spiro atoms. The van der Waals surface area contributed by atoms with Crippen LogP contribution in [0.1, 0.15) is 63.4 Å². The summed E-state index contributed by atoms with van der Waals surface area (Å²) in [4.78, 5) is 32.7. The predicted octanol–water partition coefficient (Wildman–Crippen LogP) is 0.769. The number of carbonyl (C=O) groups is 2. The summed E-state index contributed by atoms with van der Waals surface area (Å²) >= 11 is 0. The van der Waals surface area contributed by atoms with Crippen LogP contribution in [-0.2, 0) is 16.1 Å². The van der Waals surface area contributed by atoms with Gasteiger partial charge in [0.1, 0.15) is 12.1 Å². The van der Waals surface area contributed by atoms with Crippen LogP contribution in [0, 0.1) is 5.41 Å². The maximum Gasteiger partial charge on any atom is 0.248 e. The van der Waals surface area contributed by atoms with Gasteiger partial charge in [-0.15, -0.1) is 5.10 Å². The Hall–Kier alpha value is -3.54. The Morgan fingerprint density at radius 1 is 1.29 bits per heavy atom. The third-order valence-electron chi connectivity index (χ3n) is 6.54. The molecular weight excluding hydrogens is 452 g/mol. The maximum absolute atomic E-state index is 13.8. The fourth-order valence-corrected chi connectivity index (χ4v) is 4.66. The van der Waals surface area contributed by atoms with Crippen molar-refractivity contribution in [3.05, 3.63) is 35.9 Å². The first-order chi connectivity index (χ1) is 16.6. The van der Waals surface area contributed by atoms with Crippen LogP contribution >= 0.6 is 0 Å². The van der Waals surface area contributed by atoms with Crippen molar-refractivity contribution in [1.82, 2.24) is 39.8 Å². The average molecular weight is 483 g/mol. The number of aliphatic hydroxyl groups is 1. The second kappa shape index (κ2) is 8.59. The van der Waals surface area contributed by atoms with Crippen LogP contribution in [0.25, 0.3) is 5.65 Å². The molecule has 1 saturated heterocycles. The molecule has 12 nitrogen and oxygen atoms in total. The largest absolute Gasteiger partial charge is 0.493 e. The van der Waals surface area contributed by atoms with Crippen molar-refractivity contribution in [2.24, 2.45) is 5.41 Å². The van der Waals surface area contributed by atoms with Gasteiger partial charge in [0.2, 0.25) is 17.7 Å². The minimum Gasteiger partial charge on any atom is -0.493 e. The van der Waals surface area contributed by atoms with Crippen molar-refractivity contribution < 1.29 is 19.8 Å². The van der Waals surface area contributed by atoms with Gasteiger partial charge in [0.05, 0.1) is 30.2 Å². The van der Waals surface area contributed by atoms with Crippen LogP contribution in [-0.4, -0.2) is 75.2 Å². The number of nitrogens with one attached hydrogen (secondary N) is 1. The summed E-state index contributed by atoms with van der Waals surface area (Å²) in [6.45, 7) is 5.95. The zero-order valence-electron chi connectivity index (χ0n) is 20.0. The number of aromatic hydroxyl groups is 1. The van der Waals surface area contributed by atoms with Crippen LogP contribution in [0.5, 0.6) is 5.88 Å². The van der Waals surface area contributed by atoms with Crippen LogP contribution in [0.3, 0.4) is 0 Å². The van der Waals surface area contributed by atoms with Gasteiger partial charge < -0.3 is 20.4 Å². The van der Waals surface area contributed by atoms with Gasteiger partial charge in [0, 0.05) is 37.2 Å². The van der Waals surface area contributed by atoms with Gasteiger partial charge in [-0.1, -0.05) is 26.0 Å². The van der Waals surface area contributed by atoms with Gasteiger partial charge in [-0.25, -0.2) is 9.67 Å². The molecule has 1 aliphatic carbocycles. The molecule has 3 N–H and O–H groups in total. The molecule has 2 fully saturated rings. The minimum absolute atomic E-state index is 0.0548. The molecule has 2 unspecified atom stereocenters. The summed E-state index contributed by atoms with van der Waals surface area (Å²) in [5, 5.41) is 35.7. The highest BCUT2D eigenvalue weighted by Crippen LogP contribution is 2.40. The van der Waals surface area contributed by atoms with E-state index in [2.05, 4.69) is 25.7 Å². The number of aliphatic hydroxyl groups excluding tert-OH is 1. The molecule has 3 atom stereocenters. The van der Waals surface area contributed by atoms with E-state index >= 15 is 0 Å². The topological polar surface area (TPSA) is 151 Å². The van der Waals surface area contributed by atoms with E-state index in [4.69, 9.17) is 0 Å². The van der Waals surface area contributed by atoms with Crippen molar-refractivity contribution in [3.63, 3.8) is 0 Å². The Kier molecular flexibility index (Phi) is 5.70. The number of fused-ring (bicyclic) bond motifs is 1. The van der Waals surface area contributed by atoms with Gasteiger partial charge in [-0.05, 0) is 18.3 Å². The number of β-amino-alcohol motifs (C(OH)–C–C–N with tert-alkyl or cyclic N) is 1. The lowest BCUT2D eigenvalue weighted by Gasteiger charge is -2.34. The first kappa shape index (κ1) is 23.2. The van der Waals surface area contributed by atoms with Crippen molar-refractivity contribution in [2.75, 3.05) is 6.54 Å². The molecule has 0 bridgehead atoms. The molecule has 3 aromatic heterocycles. The Balaban J connectivity index is 1.33. The third-order valence-corrected chi connectivity index (χ3v) is 6.54. The number of aromatic nitrogens is 6. The van der Waals surface area contributed by atoms with Crippen LogP contribution in [0.2, 0.25) is 0 Å². The number of rotatable bonds is 6. The molecule has 35 heavy (non-hydrogen) atoms. The number of nitrogens with zero attached hydrogens (tertiary/aromatic N) is 7. The third kappa shape index (κ3) is 4.57. The van der Waals surface area contributed by atoms with E-state index in [0.717, 1.165) is 18.5 Å². The van der Waals surface area contributed by atoms with Gasteiger partial charge in [-0.3, -0.25) is 9.59 Å². The highest BCUT2D eigenvalue weighted by molar-refractivity contribution is 5.90. The summed E-state index contributed by atoms with van der Waals surface area (Å²) in [5.41, 5.74) is 1.29. The van der Waals surface area contributed by atoms with Gasteiger partial charge in [0.15, 0.2) is 5.65 Å². The van der Waals surface area contributed by atoms with Gasteiger partial charge in [0.25, 0.3) is 0 Å². The quantitative estimate of drug-likeness (QED) is 0.466. The average Bonchev–Trinajstić information content (AvgIpc) is 3.17. The Bertz CT molecular complexity index is 1260. The molecule has 4 heterocycles. The number of likely N-dealkylation sites (tertiary alicyclic amines) is 1. The van der Waals surface area contributed by atoms with Crippen LogP contribution in [0.4, 0.5) is 0 Å². The monoisotopic (exact) mass is 482 g/mol. The molecule has 0 aromatic carbocycles. The first-order valence-corrected chi connectivity index (χ1v) is 11.8. The van der Waals surface area contributed by atoms with Gasteiger partial charge >= 0.3 is 0 Å². The van der Waals surface area contributed by atoms with Crippen LogP contribution < -0.4 is 5.32 Å².